The molecule has 0 atom stereocenters. The number of H-pyrrole nitrogens is 1. The molecule has 2 aromatic carbocycles. The predicted molar refractivity (Wildman–Crippen MR) is 140 cm³/mol. The van der Waals surface area contributed by atoms with Gasteiger partial charge in [0.05, 0.1) is 41.2 Å². The van der Waals surface area contributed by atoms with Gasteiger partial charge in [0.1, 0.15) is 10.5 Å². The zero-order valence-corrected chi connectivity index (χ0v) is 21.3. The number of sulfonamides is 1. The van der Waals surface area contributed by atoms with E-state index in [9.17, 15) is 8.42 Å². The number of aromatic amines is 1. The number of aromatic nitrogens is 4. The fourth-order valence-electron chi connectivity index (χ4n) is 4.26. The van der Waals surface area contributed by atoms with Crippen LogP contribution in [0.5, 0.6) is 0 Å². The zero-order chi connectivity index (χ0) is 24.7. The SMILES string of the molecule is O=S(=O)(c1ccc(-c2ncnc3ccc(-c4cn[nH]c4-c4ccc(Cl)cc4)cc23)s1)N1CCOCC1. The van der Waals surface area contributed by atoms with Gasteiger partial charge >= 0.3 is 0 Å². The summed E-state index contributed by atoms with van der Waals surface area (Å²) in [5, 5.41) is 8.84. The van der Waals surface area contributed by atoms with Gasteiger partial charge in [-0.15, -0.1) is 11.3 Å². The van der Waals surface area contributed by atoms with E-state index in [1.807, 2.05) is 48.5 Å². The molecule has 1 fully saturated rings. The van der Waals surface area contributed by atoms with E-state index in [1.165, 1.54) is 22.0 Å². The van der Waals surface area contributed by atoms with E-state index < -0.39 is 10.0 Å². The minimum absolute atomic E-state index is 0.294. The Morgan fingerprint density at radius 2 is 1.75 bits per heavy atom. The van der Waals surface area contributed by atoms with Crippen LogP contribution in [0.4, 0.5) is 0 Å². The quantitative estimate of drug-likeness (QED) is 0.335. The molecule has 0 unspecified atom stereocenters. The Bertz CT molecular complexity index is 1660. The Balaban J connectivity index is 1.41. The first kappa shape index (κ1) is 23.3. The highest BCUT2D eigenvalue weighted by atomic mass is 35.5. The maximum Gasteiger partial charge on any atom is 0.252 e. The summed E-state index contributed by atoms with van der Waals surface area (Å²) in [6.45, 7) is 1.53. The maximum absolute atomic E-state index is 13.1. The van der Waals surface area contributed by atoms with Crippen LogP contribution in [0.1, 0.15) is 0 Å². The van der Waals surface area contributed by atoms with E-state index in [2.05, 4.69) is 20.2 Å². The van der Waals surface area contributed by atoms with Gasteiger partial charge in [0.25, 0.3) is 10.0 Å². The Morgan fingerprint density at radius 3 is 2.56 bits per heavy atom. The third-order valence-electron chi connectivity index (χ3n) is 6.10. The molecule has 1 saturated heterocycles. The third-order valence-corrected chi connectivity index (χ3v) is 9.81. The topological polar surface area (TPSA) is 101 Å². The van der Waals surface area contributed by atoms with Gasteiger partial charge in [0.15, 0.2) is 0 Å². The highest BCUT2D eigenvalue weighted by Gasteiger charge is 2.28. The number of rotatable bonds is 5. The Hall–Kier alpha value is -3.15. The van der Waals surface area contributed by atoms with E-state index in [1.54, 1.807) is 12.3 Å². The van der Waals surface area contributed by atoms with Crippen LogP contribution in [0.25, 0.3) is 43.9 Å². The van der Waals surface area contributed by atoms with Crippen LogP contribution in [0, 0.1) is 0 Å². The number of halogens is 1. The number of hydrogen-bond donors (Lipinski definition) is 1. The largest absolute Gasteiger partial charge is 0.379 e. The van der Waals surface area contributed by atoms with Crippen molar-refractivity contribution in [3.8, 4) is 33.0 Å². The average molecular weight is 538 g/mol. The summed E-state index contributed by atoms with van der Waals surface area (Å²) in [5.41, 5.74) is 5.16. The summed E-state index contributed by atoms with van der Waals surface area (Å²) in [7, 11) is -3.58. The van der Waals surface area contributed by atoms with Gasteiger partial charge < -0.3 is 4.74 Å². The normalized spacial score (nSPS) is 14.9. The van der Waals surface area contributed by atoms with Gasteiger partial charge in [0.2, 0.25) is 0 Å². The zero-order valence-electron chi connectivity index (χ0n) is 18.9. The third kappa shape index (κ3) is 4.21. The molecule has 0 spiro atoms. The maximum atomic E-state index is 13.1. The number of hydrogen-bond acceptors (Lipinski definition) is 7. The molecule has 0 bridgehead atoms. The molecule has 36 heavy (non-hydrogen) atoms. The van der Waals surface area contributed by atoms with Gasteiger partial charge in [-0.3, -0.25) is 5.10 Å². The predicted octanol–water partition coefficient (Wildman–Crippen LogP) is 5.09. The van der Waals surface area contributed by atoms with Gasteiger partial charge in [-0.2, -0.15) is 9.40 Å². The molecule has 1 aliphatic heterocycles. The van der Waals surface area contributed by atoms with E-state index in [0.29, 0.717) is 41.2 Å². The summed E-state index contributed by atoms with van der Waals surface area (Å²) in [6.07, 6.45) is 3.29. The summed E-state index contributed by atoms with van der Waals surface area (Å²) in [5.74, 6) is 0. The van der Waals surface area contributed by atoms with E-state index in [-0.39, 0.29) is 0 Å². The highest BCUT2D eigenvalue weighted by molar-refractivity contribution is 7.91. The Labute approximate surface area is 216 Å². The van der Waals surface area contributed by atoms with Crippen molar-refractivity contribution in [1.29, 1.82) is 0 Å². The van der Waals surface area contributed by atoms with Crippen molar-refractivity contribution in [2.45, 2.75) is 4.21 Å². The molecule has 3 aromatic heterocycles. The first-order valence-corrected chi connectivity index (χ1v) is 13.9. The smallest absolute Gasteiger partial charge is 0.252 e. The molecule has 0 radical (unpaired) electrons. The molecule has 4 heterocycles. The van der Waals surface area contributed by atoms with Crippen molar-refractivity contribution in [2.24, 2.45) is 0 Å². The van der Waals surface area contributed by atoms with Crippen molar-refractivity contribution in [3.05, 3.63) is 72.1 Å². The standard InChI is InChI=1S/C25H20ClN5O3S2/c26-18-4-1-16(2-5-18)24-20(14-29-30-24)17-3-6-21-19(13-17)25(28-15-27-21)22-7-8-23(35-22)36(32,33)31-9-11-34-12-10-31/h1-8,13-15H,9-12H2,(H,29,30). The van der Waals surface area contributed by atoms with Crippen molar-refractivity contribution >= 4 is 43.9 Å². The Kier molecular flexibility index (Phi) is 6.06. The molecular weight excluding hydrogens is 518 g/mol. The first-order chi connectivity index (χ1) is 17.5. The second-order valence-corrected chi connectivity index (χ2v) is 11.9. The van der Waals surface area contributed by atoms with Crippen molar-refractivity contribution in [1.82, 2.24) is 24.5 Å². The van der Waals surface area contributed by atoms with Gasteiger partial charge in [-0.1, -0.05) is 29.8 Å². The van der Waals surface area contributed by atoms with Crippen LogP contribution in [0.3, 0.4) is 0 Å². The molecule has 11 heteroatoms. The number of benzene rings is 2. The molecule has 182 valence electrons. The van der Waals surface area contributed by atoms with Crippen LogP contribution in [0.15, 0.2) is 71.3 Å². The Morgan fingerprint density at radius 1 is 0.972 bits per heavy atom. The van der Waals surface area contributed by atoms with E-state index in [4.69, 9.17) is 16.3 Å². The van der Waals surface area contributed by atoms with E-state index in [0.717, 1.165) is 38.2 Å². The molecule has 8 nitrogen and oxygen atoms in total. The first-order valence-electron chi connectivity index (χ1n) is 11.2. The van der Waals surface area contributed by atoms with Crippen LogP contribution in [-0.2, 0) is 14.8 Å². The van der Waals surface area contributed by atoms with Crippen molar-refractivity contribution in [3.63, 3.8) is 0 Å². The number of morpholine rings is 1. The fraction of sp³-hybridized carbons (Fsp3) is 0.160. The summed E-state index contributed by atoms with van der Waals surface area (Å²) in [4.78, 5) is 9.72. The molecule has 1 N–H and O–H groups in total. The highest BCUT2D eigenvalue weighted by Crippen LogP contribution is 2.37. The number of ether oxygens (including phenoxy) is 1. The lowest BCUT2D eigenvalue weighted by atomic mass is 9.99. The second kappa shape index (κ2) is 9.38. The lowest BCUT2D eigenvalue weighted by Crippen LogP contribution is -2.40. The van der Waals surface area contributed by atoms with E-state index >= 15 is 0 Å². The molecule has 6 rings (SSSR count). The van der Waals surface area contributed by atoms with Crippen LogP contribution < -0.4 is 0 Å². The summed E-state index contributed by atoms with van der Waals surface area (Å²) in [6, 6.07) is 17.0. The van der Waals surface area contributed by atoms with Crippen LogP contribution in [0.2, 0.25) is 5.02 Å². The molecule has 1 aliphatic rings. The van der Waals surface area contributed by atoms with Crippen molar-refractivity contribution < 1.29 is 13.2 Å². The molecule has 0 amide bonds. The lowest BCUT2D eigenvalue weighted by molar-refractivity contribution is 0.0731. The molecule has 0 saturated carbocycles. The van der Waals surface area contributed by atoms with Gasteiger partial charge in [0, 0.05) is 34.6 Å². The van der Waals surface area contributed by atoms with Crippen LogP contribution in [-0.4, -0.2) is 59.2 Å². The monoisotopic (exact) mass is 537 g/mol. The van der Waals surface area contributed by atoms with Gasteiger partial charge in [-0.25, -0.2) is 18.4 Å². The fourth-order valence-corrected chi connectivity index (χ4v) is 7.27. The molecule has 5 aromatic rings. The number of thiophene rings is 1. The van der Waals surface area contributed by atoms with Gasteiger partial charge in [-0.05, 0) is 42.0 Å². The lowest BCUT2D eigenvalue weighted by Gasteiger charge is -2.25. The second-order valence-electron chi connectivity index (χ2n) is 8.25. The number of nitrogens with zero attached hydrogens (tertiary/aromatic N) is 4. The van der Waals surface area contributed by atoms with Crippen molar-refractivity contribution in [2.75, 3.05) is 26.3 Å². The molecular formula is C25H20ClN5O3S2. The number of fused-ring (bicyclic) bond motifs is 1. The summed E-state index contributed by atoms with van der Waals surface area (Å²) >= 11 is 7.27. The summed E-state index contributed by atoms with van der Waals surface area (Å²) < 4.78 is 33.3. The minimum atomic E-state index is -3.58. The average Bonchev–Trinajstić information content (AvgIpc) is 3.60. The number of nitrogens with one attached hydrogen (secondary N) is 1. The molecule has 0 aliphatic carbocycles. The van der Waals surface area contributed by atoms with Crippen LogP contribution >= 0.6 is 22.9 Å². The minimum Gasteiger partial charge on any atom is -0.379 e.